The maximum atomic E-state index is 4.63. The molecule has 0 atom stereocenters. The van der Waals surface area contributed by atoms with Crippen LogP contribution in [0.4, 0.5) is 0 Å². The zero-order valence-corrected chi connectivity index (χ0v) is 22.7. The Hall–Kier alpha value is -3.56. The summed E-state index contributed by atoms with van der Waals surface area (Å²) in [5.41, 5.74) is 12.2. The van der Waals surface area contributed by atoms with Crippen molar-refractivity contribution in [2.75, 3.05) is 0 Å². The predicted molar refractivity (Wildman–Crippen MR) is 139 cm³/mol. The molecule has 6 rings (SSSR count). The monoisotopic (exact) mass is 493 g/mol. The van der Waals surface area contributed by atoms with E-state index >= 15 is 0 Å². The van der Waals surface area contributed by atoms with Crippen molar-refractivity contribution < 1.29 is 18.3 Å². The van der Waals surface area contributed by atoms with Crippen LogP contribution in [0.3, 0.4) is 0 Å². The van der Waals surface area contributed by atoms with Crippen molar-refractivity contribution in [3.05, 3.63) is 100 Å². The molecule has 5 heterocycles. The van der Waals surface area contributed by atoms with Crippen LogP contribution in [0.1, 0.15) is 39.5 Å². The molecule has 4 nitrogen and oxygen atoms in total. The van der Waals surface area contributed by atoms with Crippen LogP contribution in [-0.2, 0) is 18.3 Å². The Balaban J connectivity index is 0.000000204. The third kappa shape index (κ3) is 5.00. The van der Waals surface area contributed by atoms with Crippen LogP contribution in [0.15, 0.2) is 60.7 Å². The van der Waals surface area contributed by atoms with Crippen molar-refractivity contribution in [1.82, 2.24) is 19.9 Å². The SMILES string of the molecule is C1=Cc2cc3ccc(cc4nc(cc5ccc(cc1n2)[nH]5)C=C4)[nH]3.Cc1cc[c]([Zn])c(C)c1C. The van der Waals surface area contributed by atoms with Crippen LogP contribution in [0.25, 0.3) is 46.4 Å². The van der Waals surface area contributed by atoms with Crippen molar-refractivity contribution >= 4 is 50.5 Å². The Kier molecular flexibility index (Phi) is 6.13. The number of hydrogen-bond donors (Lipinski definition) is 2. The van der Waals surface area contributed by atoms with E-state index in [9.17, 15) is 0 Å². The number of benzene rings is 1. The fraction of sp³-hybridized carbons (Fsp3) is 0.103. The van der Waals surface area contributed by atoms with Gasteiger partial charge in [-0.15, -0.1) is 0 Å². The minimum absolute atomic E-state index is 0.939. The van der Waals surface area contributed by atoms with Crippen LogP contribution in [0.2, 0.25) is 0 Å². The standard InChI is InChI=1S/C20H14N4.C9H11.Zn/c1-2-14-10-16-5-6-18(23-16)12-20-8-7-19(24-20)11-17-4-3-15(22-17)9-13(1)21-14;1-7-5-4-6-8(2)9(7)3;/h1-12,21,24H;4-5H,1-3H3;. The molecule has 0 amide bonds. The maximum absolute atomic E-state index is 4.63. The van der Waals surface area contributed by atoms with Gasteiger partial charge in [0, 0.05) is 22.1 Å². The van der Waals surface area contributed by atoms with Crippen LogP contribution in [-0.4, -0.2) is 19.9 Å². The summed E-state index contributed by atoms with van der Waals surface area (Å²) in [7, 11) is 0. The van der Waals surface area contributed by atoms with Crippen LogP contribution < -0.4 is 4.16 Å². The number of nitrogens with one attached hydrogen (secondary N) is 2. The van der Waals surface area contributed by atoms with Crippen molar-refractivity contribution in [2.45, 2.75) is 20.8 Å². The molecule has 0 saturated heterocycles. The van der Waals surface area contributed by atoms with Crippen LogP contribution in [0.5, 0.6) is 0 Å². The van der Waals surface area contributed by atoms with Gasteiger partial charge < -0.3 is 9.97 Å². The van der Waals surface area contributed by atoms with E-state index in [-0.39, 0.29) is 0 Å². The number of aromatic amines is 2. The first-order chi connectivity index (χ1) is 16.4. The molecular formula is C29H25N4Zn. The second kappa shape index (κ2) is 9.36. The first kappa shape index (κ1) is 22.2. The fourth-order valence-corrected chi connectivity index (χ4v) is 4.76. The molecule has 2 aliphatic rings. The van der Waals surface area contributed by atoms with Gasteiger partial charge in [-0.05, 0) is 72.8 Å². The molecule has 4 aromatic rings. The normalized spacial score (nSPS) is 11.9. The summed E-state index contributed by atoms with van der Waals surface area (Å²) in [4.78, 5) is 16.0. The van der Waals surface area contributed by atoms with Gasteiger partial charge in [0.15, 0.2) is 0 Å². The van der Waals surface area contributed by atoms with E-state index in [1.165, 1.54) is 39.2 Å². The summed E-state index contributed by atoms with van der Waals surface area (Å²) in [5.74, 6) is 0. The Morgan fingerprint density at radius 1 is 0.529 bits per heavy atom. The third-order valence-electron chi connectivity index (χ3n) is 6.21. The first-order valence-corrected chi connectivity index (χ1v) is 12.8. The number of fused-ring (bicyclic) bond motifs is 8. The van der Waals surface area contributed by atoms with Gasteiger partial charge in [-0.1, -0.05) is 0 Å². The molecule has 2 aliphatic heterocycles. The zero-order chi connectivity index (χ0) is 23.7. The summed E-state index contributed by atoms with van der Waals surface area (Å²) in [6, 6.07) is 20.8. The second-order valence-electron chi connectivity index (χ2n) is 8.70. The second-order valence-corrected chi connectivity index (χ2v) is 10.3. The minimum atomic E-state index is 0.939. The molecule has 8 bridgehead atoms. The molecule has 0 fully saturated rings. The van der Waals surface area contributed by atoms with E-state index in [4.69, 9.17) is 0 Å². The third-order valence-corrected chi connectivity index (χ3v) is 7.82. The van der Waals surface area contributed by atoms with Gasteiger partial charge in [-0.2, -0.15) is 0 Å². The number of aryl methyl sites for hydroxylation is 1. The van der Waals surface area contributed by atoms with E-state index < -0.39 is 0 Å². The van der Waals surface area contributed by atoms with Crippen molar-refractivity contribution in [2.24, 2.45) is 0 Å². The van der Waals surface area contributed by atoms with E-state index in [0.29, 0.717) is 0 Å². The molecule has 0 saturated carbocycles. The van der Waals surface area contributed by atoms with E-state index in [0.717, 1.165) is 44.8 Å². The van der Waals surface area contributed by atoms with Gasteiger partial charge in [0.2, 0.25) is 0 Å². The van der Waals surface area contributed by atoms with E-state index in [1.54, 1.807) is 0 Å². The molecule has 34 heavy (non-hydrogen) atoms. The summed E-state index contributed by atoms with van der Waals surface area (Å²) >= 11 is 1.27. The molecule has 0 unspecified atom stereocenters. The molecule has 2 N–H and O–H groups in total. The number of hydrogen-bond acceptors (Lipinski definition) is 2. The Labute approximate surface area is 209 Å². The Morgan fingerprint density at radius 2 is 0.912 bits per heavy atom. The number of H-pyrrole nitrogens is 2. The van der Waals surface area contributed by atoms with Crippen LogP contribution in [0, 0.1) is 20.8 Å². The van der Waals surface area contributed by atoms with E-state index in [2.05, 4.69) is 77.1 Å². The summed E-state index contributed by atoms with van der Waals surface area (Å²) in [6.45, 7) is 6.58. The van der Waals surface area contributed by atoms with Gasteiger partial charge in [0.1, 0.15) is 0 Å². The Bertz CT molecular complexity index is 1400. The number of aromatic nitrogens is 4. The molecule has 1 aromatic carbocycles. The average Bonchev–Trinajstić information content (AvgIpc) is 3.61. The molecular weight excluding hydrogens is 470 g/mol. The van der Waals surface area contributed by atoms with Gasteiger partial charge in [-0.3, -0.25) is 0 Å². The topological polar surface area (TPSA) is 57.4 Å². The number of rotatable bonds is 0. The summed E-state index contributed by atoms with van der Waals surface area (Å²) < 4.78 is 1.52. The molecule has 163 valence electrons. The molecule has 3 aromatic heterocycles. The van der Waals surface area contributed by atoms with Gasteiger partial charge >= 0.3 is 72.1 Å². The predicted octanol–water partition coefficient (Wildman–Crippen LogP) is 6.44. The first-order valence-electron chi connectivity index (χ1n) is 11.4. The molecule has 5 heteroatoms. The average molecular weight is 495 g/mol. The number of nitrogens with zero attached hydrogens (tertiary/aromatic N) is 2. The van der Waals surface area contributed by atoms with Crippen molar-refractivity contribution in [3.63, 3.8) is 0 Å². The molecule has 0 radical (unpaired) electrons. The van der Waals surface area contributed by atoms with Gasteiger partial charge in [0.25, 0.3) is 0 Å². The molecule has 0 spiro atoms. The quantitative estimate of drug-likeness (QED) is 0.239. The van der Waals surface area contributed by atoms with E-state index in [1.807, 2.05) is 48.6 Å². The zero-order valence-electron chi connectivity index (χ0n) is 19.7. The van der Waals surface area contributed by atoms with Crippen LogP contribution >= 0.6 is 0 Å². The molecule has 0 aliphatic carbocycles. The fourth-order valence-electron chi connectivity index (χ4n) is 3.96. The van der Waals surface area contributed by atoms with Gasteiger partial charge in [-0.25, -0.2) is 9.97 Å². The summed E-state index contributed by atoms with van der Waals surface area (Å²) in [5, 5.41) is 0. The van der Waals surface area contributed by atoms with Gasteiger partial charge in [0.05, 0.1) is 22.8 Å². The summed E-state index contributed by atoms with van der Waals surface area (Å²) in [6.07, 6.45) is 8.09. The van der Waals surface area contributed by atoms with Crippen molar-refractivity contribution in [1.29, 1.82) is 0 Å². The van der Waals surface area contributed by atoms with Crippen molar-refractivity contribution in [3.8, 4) is 0 Å². The Morgan fingerprint density at radius 3 is 1.26 bits per heavy atom.